The van der Waals surface area contributed by atoms with Crippen molar-refractivity contribution in [3.8, 4) is 28.7 Å². The molecule has 0 fully saturated rings. The highest BCUT2D eigenvalue weighted by atomic mass is 16.7. The van der Waals surface area contributed by atoms with Crippen LogP contribution in [0.3, 0.4) is 0 Å². The van der Waals surface area contributed by atoms with Gasteiger partial charge in [-0.1, -0.05) is 104 Å². The minimum Gasteiger partial charge on any atom is -0.494 e. The summed E-state index contributed by atoms with van der Waals surface area (Å²) in [5.74, 6) is 0.995. The van der Waals surface area contributed by atoms with Crippen LogP contribution in [0.25, 0.3) is 41.2 Å². The average Bonchev–Trinajstić information content (AvgIpc) is 3.82. The van der Waals surface area contributed by atoms with Gasteiger partial charge in [0.05, 0.1) is 43.7 Å². The first-order chi connectivity index (χ1) is 37.7. The van der Waals surface area contributed by atoms with Gasteiger partial charge >= 0.3 is 23.9 Å². The standard InChI is InChI=1S/C65H56O12/c1-3-60(66)72-39-7-5-37-70-52-29-19-48(20-30-52)64(68)76-54-25-13-44(14-26-54)9-11-46-17-33-56-50(41-46)23-35-58-62(56)63-57-34-18-47(42-51(57)24-36-59(63)75-43-74-58)12-10-45-15-27-55(28-16-45)77-65(69)49-21-31-53(32-22-49)71-38-6-8-40-73-61(67)4-2/h3-4,9-36,41-42,58,62H,1-2,5-8,37-40,43H2/b11-9-,12-10-/t58-,62?/m1/s1. The van der Waals surface area contributed by atoms with E-state index in [2.05, 4.69) is 79.9 Å². The van der Waals surface area contributed by atoms with Crippen molar-refractivity contribution in [3.05, 3.63) is 227 Å². The molecule has 0 N–H and O–H groups in total. The van der Waals surface area contributed by atoms with Crippen molar-refractivity contribution in [3.63, 3.8) is 0 Å². The Morgan fingerprint density at radius 3 is 1.55 bits per heavy atom. The van der Waals surface area contributed by atoms with Crippen LogP contribution in [0.1, 0.15) is 91.3 Å². The molecule has 388 valence electrons. The highest BCUT2D eigenvalue weighted by Gasteiger charge is 2.34. The van der Waals surface area contributed by atoms with Gasteiger partial charge in [0.1, 0.15) is 28.7 Å². The number of fused-ring (bicyclic) bond motifs is 7. The van der Waals surface area contributed by atoms with E-state index in [0.29, 0.717) is 86.2 Å². The zero-order valence-electron chi connectivity index (χ0n) is 42.3. The Kier molecular flexibility index (Phi) is 17.6. The molecule has 9 rings (SSSR count). The Hall–Kier alpha value is -9.26. The summed E-state index contributed by atoms with van der Waals surface area (Å²) in [5, 5.41) is 2.17. The monoisotopic (exact) mass is 1030 g/mol. The highest BCUT2D eigenvalue weighted by molar-refractivity contribution is 5.93. The molecule has 1 unspecified atom stereocenters. The summed E-state index contributed by atoms with van der Waals surface area (Å²) in [5.41, 5.74) is 8.08. The highest BCUT2D eigenvalue weighted by Crippen LogP contribution is 2.46. The van der Waals surface area contributed by atoms with Crippen LogP contribution in [0.15, 0.2) is 177 Å². The fraction of sp³-hybridized carbons (Fsp3) is 0.169. The number of carbonyl (C=O) groups is 4. The number of benzene rings is 7. The molecule has 7 aromatic rings. The maximum absolute atomic E-state index is 12.9. The van der Waals surface area contributed by atoms with Gasteiger partial charge < -0.3 is 37.9 Å². The SMILES string of the molecule is C=CC(=O)OCCCCOc1ccc(C(=O)Oc2ccc(/C=C\c3ccc4c(c3)C=C[C@H]3OCOc5ccc6cc(/C=C\c7ccc(OC(=O)c8ccc(OCCCCOC(=O)C=C)cc8)cc7)ccc6c5C43)cc2)cc1. The molecule has 0 amide bonds. The summed E-state index contributed by atoms with van der Waals surface area (Å²) in [7, 11) is 0. The number of ether oxygens (including phenoxy) is 8. The van der Waals surface area contributed by atoms with Crippen molar-refractivity contribution in [2.24, 2.45) is 0 Å². The fourth-order valence-corrected chi connectivity index (χ4v) is 8.80. The lowest BCUT2D eigenvalue weighted by atomic mass is 9.78. The van der Waals surface area contributed by atoms with E-state index in [4.69, 9.17) is 37.9 Å². The minimum absolute atomic E-state index is 0.0965. The number of unbranched alkanes of at least 4 members (excludes halogenated alkanes) is 2. The smallest absolute Gasteiger partial charge is 0.343 e. The Bertz CT molecular complexity index is 3330. The molecule has 0 aromatic heterocycles. The van der Waals surface area contributed by atoms with E-state index < -0.39 is 23.9 Å². The summed E-state index contributed by atoms with van der Waals surface area (Å²) >= 11 is 0. The van der Waals surface area contributed by atoms with E-state index in [-0.39, 0.29) is 18.8 Å². The first-order valence-corrected chi connectivity index (χ1v) is 25.4. The Balaban J connectivity index is 0.785. The number of hydrogen-bond donors (Lipinski definition) is 0. The molecule has 0 radical (unpaired) electrons. The zero-order valence-corrected chi connectivity index (χ0v) is 42.3. The van der Waals surface area contributed by atoms with Gasteiger partial charge in [-0.3, -0.25) is 0 Å². The second-order valence-corrected chi connectivity index (χ2v) is 18.1. The molecule has 1 heterocycles. The molecule has 0 saturated heterocycles. The third-order valence-electron chi connectivity index (χ3n) is 12.8. The topological polar surface area (TPSA) is 142 Å². The first-order valence-electron chi connectivity index (χ1n) is 25.4. The third kappa shape index (κ3) is 14.1. The normalized spacial score (nSPS) is 14.3. The van der Waals surface area contributed by atoms with Gasteiger partial charge in [-0.05, 0) is 161 Å². The summed E-state index contributed by atoms with van der Waals surface area (Å²) in [6, 6.07) is 45.3. The zero-order chi connectivity index (χ0) is 53.3. The van der Waals surface area contributed by atoms with Crippen molar-refractivity contribution in [1.29, 1.82) is 0 Å². The molecule has 12 heteroatoms. The lowest BCUT2D eigenvalue weighted by molar-refractivity contribution is -0.138. The molecular formula is C65H56O12. The summed E-state index contributed by atoms with van der Waals surface area (Å²) in [4.78, 5) is 48.1. The maximum atomic E-state index is 12.9. The second kappa shape index (κ2) is 25.8. The molecule has 2 aliphatic rings. The lowest BCUT2D eigenvalue weighted by Crippen LogP contribution is -2.23. The molecule has 1 aliphatic heterocycles. The lowest BCUT2D eigenvalue weighted by Gasteiger charge is -2.29. The Morgan fingerprint density at radius 2 is 1.00 bits per heavy atom. The minimum atomic E-state index is -0.473. The predicted molar refractivity (Wildman–Crippen MR) is 297 cm³/mol. The van der Waals surface area contributed by atoms with Gasteiger partial charge in [-0.15, -0.1) is 0 Å². The molecule has 1 aliphatic carbocycles. The summed E-state index contributed by atoms with van der Waals surface area (Å²) in [6.07, 6.45) is 17.2. The van der Waals surface area contributed by atoms with Crippen LogP contribution >= 0.6 is 0 Å². The summed E-state index contributed by atoms with van der Waals surface area (Å²) < 4.78 is 45.2. The van der Waals surface area contributed by atoms with Gasteiger partial charge in [-0.2, -0.15) is 0 Å². The maximum Gasteiger partial charge on any atom is 0.343 e. The largest absolute Gasteiger partial charge is 0.494 e. The Morgan fingerprint density at radius 1 is 0.519 bits per heavy atom. The number of carbonyl (C=O) groups excluding carboxylic acids is 4. The van der Waals surface area contributed by atoms with E-state index in [1.54, 1.807) is 72.8 Å². The molecule has 77 heavy (non-hydrogen) atoms. The van der Waals surface area contributed by atoms with Crippen molar-refractivity contribution >= 4 is 65.0 Å². The van der Waals surface area contributed by atoms with Crippen LogP contribution in [0, 0.1) is 0 Å². The van der Waals surface area contributed by atoms with Crippen LogP contribution in [-0.4, -0.2) is 63.2 Å². The molecule has 7 aromatic carbocycles. The fourth-order valence-electron chi connectivity index (χ4n) is 8.80. The van der Waals surface area contributed by atoms with E-state index in [0.717, 1.165) is 67.6 Å². The van der Waals surface area contributed by atoms with Crippen LogP contribution in [0.5, 0.6) is 28.7 Å². The van der Waals surface area contributed by atoms with Crippen LogP contribution in [0.4, 0.5) is 0 Å². The summed E-state index contributed by atoms with van der Waals surface area (Å²) in [6.45, 7) is 8.42. The van der Waals surface area contributed by atoms with E-state index in [1.165, 1.54) is 0 Å². The van der Waals surface area contributed by atoms with Gasteiger partial charge in [0, 0.05) is 23.6 Å². The quantitative estimate of drug-likeness (QED) is 0.0210. The predicted octanol–water partition coefficient (Wildman–Crippen LogP) is 13.3. The molecular weight excluding hydrogens is 973 g/mol. The number of hydrogen-bond acceptors (Lipinski definition) is 12. The van der Waals surface area contributed by atoms with Crippen LogP contribution in [0.2, 0.25) is 0 Å². The molecule has 0 saturated carbocycles. The molecule has 2 atom stereocenters. The van der Waals surface area contributed by atoms with Crippen LogP contribution in [-0.2, 0) is 23.8 Å². The third-order valence-corrected chi connectivity index (χ3v) is 12.8. The van der Waals surface area contributed by atoms with Crippen LogP contribution < -0.4 is 23.7 Å². The van der Waals surface area contributed by atoms with Crippen molar-refractivity contribution in [1.82, 2.24) is 0 Å². The van der Waals surface area contributed by atoms with E-state index in [1.807, 2.05) is 42.5 Å². The molecule has 0 bridgehead atoms. The second-order valence-electron chi connectivity index (χ2n) is 18.1. The molecule has 0 spiro atoms. The van der Waals surface area contributed by atoms with Crippen molar-refractivity contribution < 1.29 is 57.1 Å². The van der Waals surface area contributed by atoms with Gasteiger partial charge in [0.15, 0.2) is 6.79 Å². The number of esters is 4. The van der Waals surface area contributed by atoms with E-state index in [9.17, 15) is 19.2 Å². The van der Waals surface area contributed by atoms with Crippen molar-refractivity contribution in [2.75, 3.05) is 33.2 Å². The van der Waals surface area contributed by atoms with Crippen molar-refractivity contribution in [2.45, 2.75) is 37.7 Å². The van der Waals surface area contributed by atoms with Gasteiger partial charge in [-0.25, -0.2) is 19.2 Å². The average molecular weight is 1030 g/mol. The molecule has 12 nitrogen and oxygen atoms in total. The van der Waals surface area contributed by atoms with E-state index >= 15 is 0 Å². The Labute approximate surface area is 447 Å². The first kappa shape index (κ1) is 52.6. The van der Waals surface area contributed by atoms with Gasteiger partial charge in [0.25, 0.3) is 0 Å². The van der Waals surface area contributed by atoms with Gasteiger partial charge in [0.2, 0.25) is 0 Å². The number of rotatable bonds is 22.